The van der Waals surface area contributed by atoms with E-state index in [-0.39, 0.29) is 11.1 Å². The minimum absolute atomic E-state index is 0.0543. The van der Waals surface area contributed by atoms with E-state index in [9.17, 15) is 9.18 Å². The quantitative estimate of drug-likeness (QED) is 0.907. The number of rotatable bonds is 2. The zero-order valence-corrected chi connectivity index (χ0v) is 13.4. The van der Waals surface area contributed by atoms with Crippen LogP contribution in [0.3, 0.4) is 0 Å². The van der Waals surface area contributed by atoms with E-state index in [1.54, 1.807) is 12.1 Å². The lowest BCUT2D eigenvalue weighted by molar-refractivity contribution is 0.188. The summed E-state index contributed by atoms with van der Waals surface area (Å²) < 4.78 is 13.1. The molecule has 120 valence electrons. The molecule has 22 heavy (non-hydrogen) atoms. The van der Waals surface area contributed by atoms with Gasteiger partial charge >= 0.3 is 6.03 Å². The highest BCUT2D eigenvalue weighted by molar-refractivity contribution is 6.30. The summed E-state index contributed by atoms with van der Waals surface area (Å²) in [6.07, 6.45) is 3.44. The normalized spacial score (nSPS) is 25.1. The first-order chi connectivity index (χ1) is 10.5. The highest BCUT2D eigenvalue weighted by Gasteiger charge is 2.35. The molecule has 1 aromatic carbocycles. The molecule has 1 aromatic rings. The lowest BCUT2D eigenvalue weighted by Gasteiger charge is -2.26. The Balaban J connectivity index is 1.56. The number of hydrogen-bond acceptors (Lipinski definition) is 2. The molecule has 4 nitrogen and oxygen atoms in total. The van der Waals surface area contributed by atoms with Crippen molar-refractivity contribution < 1.29 is 9.18 Å². The number of benzene rings is 1. The zero-order chi connectivity index (χ0) is 15.7. The summed E-state index contributed by atoms with van der Waals surface area (Å²) in [6.45, 7) is 1.93. The Morgan fingerprint density at radius 3 is 2.91 bits per heavy atom. The summed E-state index contributed by atoms with van der Waals surface area (Å²) in [4.78, 5) is 16.7. The molecule has 0 aromatic heterocycles. The number of nitrogens with one attached hydrogen (secondary N) is 1. The van der Waals surface area contributed by atoms with Crippen molar-refractivity contribution in [1.82, 2.24) is 15.1 Å². The third-order valence-corrected chi connectivity index (χ3v) is 5.15. The molecule has 1 N–H and O–H groups in total. The summed E-state index contributed by atoms with van der Waals surface area (Å²) in [6, 6.07) is 5.54. The average molecular weight is 326 g/mol. The van der Waals surface area contributed by atoms with Gasteiger partial charge in [0, 0.05) is 31.7 Å². The summed E-state index contributed by atoms with van der Waals surface area (Å²) in [7, 11) is 2.16. The van der Waals surface area contributed by atoms with E-state index in [4.69, 9.17) is 11.6 Å². The highest BCUT2D eigenvalue weighted by Crippen LogP contribution is 2.28. The molecule has 0 spiro atoms. The lowest BCUT2D eigenvalue weighted by Crippen LogP contribution is -2.44. The van der Waals surface area contributed by atoms with Crippen LogP contribution in [0.1, 0.15) is 24.8 Å². The van der Waals surface area contributed by atoms with E-state index in [1.807, 2.05) is 4.90 Å². The van der Waals surface area contributed by atoms with Crippen LogP contribution < -0.4 is 5.32 Å². The minimum Gasteiger partial charge on any atom is -0.334 e. The van der Waals surface area contributed by atoms with Crippen LogP contribution in [0.5, 0.6) is 0 Å². The third-order valence-electron chi connectivity index (χ3n) is 4.86. The van der Waals surface area contributed by atoms with Gasteiger partial charge in [0.2, 0.25) is 0 Å². The number of halogens is 2. The van der Waals surface area contributed by atoms with E-state index >= 15 is 0 Å². The number of carbonyl (C=O) groups is 1. The van der Waals surface area contributed by atoms with Crippen LogP contribution >= 0.6 is 11.6 Å². The number of urea groups is 1. The standard InChI is InChI=1S/C16H21ClFN3O/c1-20-12-3-4-13(20)10-21(7-6-12)16(22)19-9-11-2-5-15(18)14(17)8-11/h2,5,8,12-13H,3-4,6-7,9-10H2,1H3,(H,19,22). The number of fused-ring (bicyclic) bond motifs is 2. The van der Waals surface area contributed by atoms with Gasteiger partial charge in [-0.3, -0.25) is 4.90 Å². The Labute approximate surface area is 135 Å². The summed E-state index contributed by atoms with van der Waals surface area (Å²) >= 11 is 5.75. The van der Waals surface area contributed by atoms with Gasteiger partial charge in [0.1, 0.15) is 5.82 Å². The van der Waals surface area contributed by atoms with Gasteiger partial charge < -0.3 is 10.2 Å². The number of hydrogen-bond donors (Lipinski definition) is 1. The van der Waals surface area contributed by atoms with Gasteiger partial charge in [-0.25, -0.2) is 9.18 Å². The smallest absolute Gasteiger partial charge is 0.317 e. The number of likely N-dealkylation sites (N-methyl/N-ethyl adjacent to an activating group) is 1. The Kier molecular flexibility index (Phi) is 4.54. The fraction of sp³-hybridized carbons (Fsp3) is 0.562. The van der Waals surface area contributed by atoms with E-state index in [2.05, 4.69) is 17.3 Å². The average Bonchev–Trinajstić information content (AvgIpc) is 2.73. The fourth-order valence-corrected chi connectivity index (χ4v) is 3.64. The number of likely N-dealkylation sites (tertiary alicyclic amines) is 1. The number of amides is 2. The van der Waals surface area contributed by atoms with Crippen molar-refractivity contribution in [2.24, 2.45) is 0 Å². The molecule has 0 aliphatic carbocycles. The van der Waals surface area contributed by atoms with Crippen molar-refractivity contribution >= 4 is 17.6 Å². The molecule has 6 heteroatoms. The van der Waals surface area contributed by atoms with Crippen molar-refractivity contribution in [3.05, 3.63) is 34.6 Å². The van der Waals surface area contributed by atoms with Gasteiger partial charge in [0.05, 0.1) is 5.02 Å². The van der Waals surface area contributed by atoms with Gasteiger partial charge in [0.25, 0.3) is 0 Å². The molecule has 2 bridgehead atoms. The van der Waals surface area contributed by atoms with E-state index in [1.165, 1.54) is 18.9 Å². The third kappa shape index (κ3) is 3.20. The van der Waals surface area contributed by atoms with E-state index in [0.29, 0.717) is 18.6 Å². The maximum absolute atomic E-state index is 13.1. The van der Waals surface area contributed by atoms with Gasteiger partial charge in [-0.15, -0.1) is 0 Å². The molecule has 2 aliphatic heterocycles. The van der Waals surface area contributed by atoms with E-state index in [0.717, 1.165) is 25.1 Å². The predicted octanol–water partition coefficient (Wildman–Crippen LogP) is 2.86. The minimum atomic E-state index is -0.441. The first-order valence-electron chi connectivity index (χ1n) is 7.73. The van der Waals surface area contributed by atoms with Gasteiger partial charge in [-0.05, 0) is 44.0 Å². The van der Waals surface area contributed by atoms with Crippen molar-refractivity contribution in [2.75, 3.05) is 20.1 Å². The van der Waals surface area contributed by atoms with Crippen molar-refractivity contribution in [2.45, 2.75) is 37.9 Å². The second-order valence-corrected chi connectivity index (χ2v) is 6.60. The number of carbonyl (C=O) groups excluding carboxylic acids is 1. The maximum Gasteiger partial charge on any atom is 0.317 e. The molecular formula is C16H21ClFN3O. The molecule has 2 heterocycles. The van der Waals surface area contributed by atoms with Gasteiger partial charge in [0.15, 0.2) is 0 Å². The second kappa shape index (κ2) is 6.42. The molecule has 2 amide bonds. The largest absolute Gasteiger partial charge is 0.334 e. The summed E-state index contributed by atoms with van der Waals surface area (Å²) in [5.41, 5.74) is 0.799. The summed E-state index contributed by atoms with van der Waals surface area (Å²) in [5.74, 6) is -0.441. The Bertz CT molecular complexity index is 568. The second-order valence-electron chi connectivity index (χ2n) is 6.19. The van der Waals surface area contributed by atoms with Crippen LogP contribution in [-0.2, 0) is 6.54 Å². The Morgan fingerprint density at radius 1 is 1.36 bits per heavy atom. The van der Waals surface area contributed by atoms with Crippen LogP contribution in [0.25, 0.3) is 0 Å². The maximum atomic E-state index is 13.1. The topological polar surface area (TPSA) is 35.6 Å². The van der Waals surface area contributed by atoms with Crippen LogP contribution in [0.4, 0.5) is 9.18 Å². The molecule has 2 unspecified atom stereocenters. The van der Waals surface area contributed by atoms with Gasteiger partial charge in [-0.2, -0.15) is 0 Å². The lowest BCUT2D eigenvalue weighted by atomic mass is 10.1. The molecule has 2 saturated heterocycles. The Hall–Kier alpha value is -1.33. The van der Waals surface area contributed by atoms with Crippen molar-refractivity contribution in [3.8, 4) is 0 Å². The molecule has 2 aliphatic rings. The van der Waals surface area contributed by atoms with Crippen LogP contribution in [0.2, 0.25) is 5.02 Å². The predicted molar refractivity (Wildman–Crippen MR) is 84.4 cm³/mol. The molecular weight excluding hydrogens is 305 g/mol. The SMILES string of the molecule is CN1C2CCC1CN(C(=O)NCc1ccc(F)c(Cl)c1)CC2. The molecule has 0 radical (unpaired) electrons. The molecule has 0 saturated carbocycles. The van der Waals surface area contributed by atoms with E-state index < -0.39 is 5.82 Å². The molecule has 2 atom stereocenters. The first-order valence-corrected chi connectivity index (χ1v) is 8.11. The van der Waals surface area contributed by atoms with Crippen LogP contribution in [0.15, 0.2) is 18.2 Å². The van der Waals surface area contributed by atoms with Crippen LogP contribution in [-0.4, -0.2) is 48.1 Å². The van der Waals surface area contributed by atoms with Crippen molar-refractivity contribution in [3.63, 3.8) is 0 Å². The first kappa shape index (κ1) is 15.6. The highest BCUT2D eigenvalue weighted by atomic mass is 35.5. The molecule has 2 fully saturated rings. The summed E-state index contributed by atoms with van der Waals surface area (Å²) in [5, 5.41) is 2.99. The van der Waals surface area contributed by atoms with Crippen molar-refractivity contribution in [1.29, 1.82) is 0 Å². The Morgan fingerprint density at radius 2 is 2.14 bits per heavy atom. The number of nitrogens with zero attached hydrogens (tertiary/aromatic N) is 2. The zero-order valence-electron chi connectivity index (χ0n) is 12.7. The monoisotopic (exact) mass is 325 g/mol. The molecule has 3 rings (SSSR count). The van der Waals surface area contributed by atoms with Gasteiger partial charge in [-0.1, -0.05) is 17.7 Å². The van der Waals surface area contributed by atoms with Crippen LogP contribution in [0, 0.1) is 5.82 Å². The fourth-order valence-electron chi connectivity index (χ4n) is 3.43.